The number of carbonyl (C=O) groups is 1. The second-order valence-corrected chi connectivity index (χ2v) is 5.64. The fourth-order valence-electron chi connectivity index (χ4n) is 1.68. The van der Waals surface area contributed by atoms with Gasteiger partial charge in [0.2, 0.25) is 0 Å². The van der Waals surface area contributed by atoms with Crippen molar-refractivity contribution in [1.82, 2.24) is 4.98 Å². The molecule has 0 amide bonds. The van der Waals surface area contributed by atoms with Crippen LogP contribution in [0.5, 0.6) is 0 Å². The van der Waals surface area contributed by atoms with Gasteiger partial charge in [0, 0.05) is 17.3 Å². The van der Waals surface area contributed by atoms with Crippen molar-refractivity contribution in [3.8, 4) is 0 Å². The molecule has 1 unspecified atom stereocenters. The summed E-state index contributed by atoms with van der Waals surface area (Å²) < 4.78 is 12.1. The predicted octanol–water partition coefficient (Wildman–Crippen LogP) is 2.40. The highest BCUT2D eigenvalue weighted by Crippen LogP contribution is 2.13. The SMILES string of the molecule is Cc1cncc(CS(=O)c2ccc(C(=O)O)cc2)c1. The molecule has 0 spiro atoms. The molecule has 5 heteroatoms. The first-order chi connectivity index (χ1) is 9.06. The van der Waals surface area contributed by atoms with Crippen LogP contribution in [0, 0.1) is 6.92 Å². The smallest absolute Gasteiger partial charge is 0.335 e. The first kappa shape index (κ1) is 13.4. The number of carboxylic acids is 1. The molecule has 1 atom stereocenters. The second-order valence-electron chi connectivity index (χ2n) is 4.19. The van der Waals surface area contributed by atoms with Crippen molar-refractivity contribution < 1.29 is 14.1 Å². The number of benzene rings is 1. The topological polar surface area (TPSA) is 67.3 Å². The van der Waals surface area contributed by atoms with E-state index in [-0.39, 0.29) is 5.56 Å². The largest absolute Gasteiger partial charge is 0.478 e. The molecule has 98 valence electrons. The molecule has 0 aliphatic heterocycles. The number of aromatic nitrogens is 1. The zero-order valence-corrected chi connectivity index (χ0v) is 11.2. The minimum Gasteiger partial charge on any atom is -0.478 e. The number of aryl methyl sites for hydroxylation is 1. The van der Waals surface area contributed by atoms with E-state index in [0.717, 1.165) is 11.1 Å². The minimum atomic E-state index is -1.20. The van der Waals surface area contributed by atoms with Crippen LogP contribution in [0.3, 0.4) is 0 Å². The Morgan fingerprint density at radius 2 is 1.95 bits per heavy atom. The molecule has 19 heavy (non-hydrogen) atoms. The van der Waals surface area contributed by atoms with E-state index in [1.54, 1.807) is 24.5 Å². The number of aromatic carboxylic acids is 1. The molecule has 0 aliphatic rings. The van der Waals surface area contributed by atoms with Crippen molar-refractivity contribution in [3.05, 3.63) is 59.4 Å². The summed E-state index contributed by atoms with van der Waals surface area (Å²) in [6.07, 6.45) is 3.44. The Morgan fingerprint density at radius 3 is 2.53 bits per heavy atom. The molecule has 0 saturated carbocycles. The summed E-state index contributed by atoms with van der Waals surface area (Å²) >= 11 is 0. The van der Waals surface area contributed by atoms with E-state index >= 15 is 0 Å². The maximum Gasteiger partial charge on any atom is 0.335 e. The molecule has 1 heterocycles. The Balaban J connectivity index is 2.14. The maximum atomic E-state index is 12.1. The van der Waals surface area contributed by atoms with Crippen LogP contribution in [0.4, 0.5) is 0 Å². The Labute approximate surface area is 113 Å². The summed E-state index contributed by atoms with van der Waals surface area (Å²) in [5, 5.41) is 8.80. The Kier molecular flexibility index (Phi) is 4.06. The number of hydrogen-bond acceptors (Lipinski definition) is 3. The van der Waals surface area contributed by atoms with Gasteiger partial charge >= 0.3 is 5.97 Å². The first-order valence-electron chi connectivity index (χ1n) is 5.68. The summed E-state index contributed by atoms with van der Waals surface area (Å²) in [5.41, 5.74) is 2.12. The predicted molar refractivity (Wildman–Crippen MR) is 72.5 cm³/mol. The summed E-state index contributed by atoms with van der Waals surface area (Å²) in [6.45, 7) is 1.93. The van der Waals surface area contributed by atoms with E-state index in [1.165, 1.54) is 12.1 Å². The minimum absolute atomic E-state index is 0.193. The fourth-order valence-corrected chi connectivity index (χ4v) is 2.75. The number of nitrogens with zero attached hydrogens (tertiary/aromatic N) is 1. The van der Waals surface area contributed by atoms with Crippen LogP contribution >= 0.6 is 0 Å². The quantitative estimate of drug-likeness (QED) is 0.930. The van der Waals surface area contributed by atoms with Crippen LogP contribution in [0.25, 0.3) is 0 Å². The summed E-state index contributed by atoms with van der Waals surface area (Å²) in [5.74, 6) is -0.610. The van der Waals surface area contributed by atoms with Crippen molar-refractivity contribution in [2.75, 3.05) is 0 Å². The molecular weight excluding hydrogens is 262 g/mol. The summed E-state index contributed by atoms with van der Waals surface area (Å²) in [7, 11) is -1.20. The van der Waals surface area contributed by atoms with Crippen LogP contribution in [-0.2, 0) is 16.6 Å². The van der Waals surface area contributed by atoms with Gasteiger partial charge in [-0.1, -0.05) is 6.07 Å². The number of rotatable bonds is 4. The molecule has 0 radical (unpaired) electrons. The molecule has 2 aromatic rings. The lowest BCUT2D eigenvalue weighted by atomic mass is 10.2. The van der Waals surface area contributed by atoms with Crippen molar-refractivity contribution in [1.29, 1.82) is 0 Å². The van der Waals surface area contributed by atoms with Crippen LogP contribution in [-0.4, -0.2) is 20.3 Å². The Hall–Kier alpha value is -2.01. The standard InChI is InChI=1S/C14H13NO3S/c1-10-6-11(8-15-7-10)9-19(18)13-4-2-12(3-5-13)14(16)17/h2-8H,9H2,1H3,(H,16,17). The zero-order chi connectivity index (χ0) is 13.8. The molecule has 1 aromatic heterocycles. The van der Waals surface area contributed by atoms with Gasteiger partial charge in [-0.15, -0.1) is 0 Å². The van der Waals surface area contributed by atoms with Crippen molar-refractivity contribution >= 4 is 16.8 Å². The normalized spacial score (nSPS) is 12.1. The highest BCUT2D eigenvalue weighted by Gasteiger charge is 2.08. The maximum absolute atomic E-state index is 12.1. The van der Waals surface area contributed by atoms with Gasteiger partial charge in [0.05, 0.1) is 22.1 Å². The lowest BCUT2D eigenvalue weighted by Crippen LogP contribution is -2.00. The van der Waals surface area contributed by atoms with Gasteiger partial charge in [-0.05, 0) is 42.3 Å². The van der Waals surface area contributed by atoms with Gasteiger partial charge in [0.25, 0.3) is 0 Å². The van der Waals surface area contributed by atoms with Gasteiger partial charge in [0.1, 0.15) is 0 Å². The highest BCUT2D eigenvalue weighted by atomic mass is 32.2. The van der Waals surface area contributed by atoms with Gasteiger partial charge in [0.15, 0.2) is 0 Å². The molecule has 4 nitrogen and oxygen atoms in total. The van der Waals surface area contributed by atoms with Crippen molar-refractivity contribution in [3.63, 3.8) is 0 Å². The third-order valence-corrected chi connectivity index (χ3v) is 3.99. The fraction of sp³-hybridized carbons (Fsp3) is 0.143. The third kappa shape index (κ3) is 3.48. The summed E-state index contributed by atoms with van der Waals surface area (Å²) in [6, 6.07) is 8.04. The Morgan fingerprint density at radius 1 is 1.26 bits per heavy atom. The molecule has 0 bridgehead atoms. The number of hydrogen-bond donors (Lipinski definition) is 1. The van der Waals surface area contributed by atoms with E-state index in [9.17, 15) is 9.00 Å². The van der Waals surface area contributed by atoms with Crippen LogP contribution in [0.15, 0.2) is 47.6 Å². The van der Waals surface area contributed by atoms with E-state index in [2.05, 4.69) is 4.98 Å². The van der Waals surface area contributed by atoms with Crippen LogP contribution < -0.4 is 0 Å². The zero-order valence-electron chi connectivity index (χ0n) is 10.4. The molecule has 0 aliphatic carbocycles. The monoisotopic (exact) mass is 275 g/mol. The lowest BCUT2D eigenvalue weighted by molar-refractivity contribution is 0.0697. The number of pyridine rings is 1. The molecule has 1 aromatic carbocycles. The molecular formula is C14H13NO3S. The number of carboxylic acid groups (broad SMARTS) is 1. The second kappa shape index (κ2) is 5.75. The van der Waals surface area contributed by atoms with E-state index in [1.807, 2.05) is 13.0 Å². The third-order valence-electron chi connectivity index (χ3n) is 2.59. The van der Waals surface area contributed by atoms with Gasteiger partial charge in [-0.2, -0.15) is 0 Å². The molecule has 0 saturated heterocycles. The molecule has 2 rings (SSSR count). The van der Waals surface area contributed by atoms with Gasteiger partial charge < -0.3 is 5.11 Å². The molecule has 0 fully saturated rings. The van der Waals surface area contributed by atoms with Crippen LogP contribution in [0.1, 0.15) is 21.5 Å². The van der Waals surface area contributed by atoms with E-state index in [4.69, 9.17) is 5.11 Å². The summed E-state index contributed by atoms with van der Waals surface area (Å²) in [4.78, 5) is 15.4. The van der Waals surface area contributed by atoms with Gasteiger partial charge in [-0.25, -0.2) is 4.79 Å². The van der Waals surface area contributed by atoms with Crippen molar-refractivity contribution in [2.24, 2.45) is 0 Å². The first-order valence-corrected chi connectivity index (χ1v) is 7.00. The Bertz CT molecular complexity index is 623. The van der Waals surface area contributed by atoms with E-state index in [0.29, 0.717) is 10.6 Å². The van der Waals surface area contributed by atoms with Crippen LogP contribution in [0.2, 0.25) is 0 Å². The average molecular weight is 275 g/mol. The van der Waals surface area contributed by atoms with Gasteiger partial charge in [-0.3, -0.25) is 9.19 Å². The lowest BCUT2D eigenvalue weighted by Gasteiger charge is -2.04. The highest BCUT2D eigenvalue weighted by molar-refractivity contribution is 7.84. The molecule has 1 N–H and O–H groups in total. The van der Waals surface area contributed by atoms with Crippen molar-refractivity contribution in [2.45, 2.75) is 17.6 Å². The van der Waals surface area contributed by atoms with E-state index < -0.39 is 16.8 Å². The average Bonchev–Trinajstić information content (AvgIpc) is 2.39.